The topological polar surface area (TPSA) is 61.8 Å². The van der Waals surface area contributed by atoms with Crippen LogP contribution in [0.4, 0.5) is 0 Å². The van der Waals surface area contributed by atoms with Gasteiger partial charge >= 0.3 is 11.9 Å². The number of carbonyl (C=O) groups is 2. The van der Waals surface area contributed by atoms with Gasteiger partial charge in [0.15, 0.2) is 6.10 Å². The number of esters is 2. The predicted octanol–water partition coefficient (Wildman–Crippen LogP) is 15.7. The van der Waals surface area contributed by atoms with Gasteiger partial charge in [-0.15, -0.1) is 0 Å². The third-order valence-corrected chi connectivity index (χ3v) is 9.34. The Morgan fingerprint density at radius 1 is 0.414 bits per heavy atom. The number of carbonyl (C=O) groups excluding carboxylic acids is 2. The van der Waals surface area contributed by atoms with Crippen LogP contribution in [-0.2, 0) is 23.8 Å². The summed E-state index contributed by atoms with van der Waals surface area (Å²) >= 11 is 0. The molecule has 0 aliphatic rings. The van der Waals surface area contributed by atoms with E-state index in [1.165, 1.54) is 57.8 Å². The van der Waals surface area contributed by atoms with Gasteiger partial charge in [0.25, 0.3) is 0 Å². The molecule has 0 aliphatic carbocycles. The molecule has 1 unspecified atom stereocenters. The van der Waals surface area contributed by atoms with Crippen molar-refractivity contribution >= 4 is 11.9 Å². The average Bonchev–Trinajstić information content (AvgIpc) is 3.22. The summed E-state index contributed by atoms with van der Waals surface area (Å²) < 4.78 is 17.2. The molecule has 0 saturated heterocycles. The van der Waals surface area contributed by atoms with Crippen LogP contribution in [0.25, 0.3) is 0 Å². The maximum absolute atomic E-state index is 12.7. The van der Waals surface area contributed by atoms with E-state index in [-0.39, 0.29) is 31.6 Å². The molecule has 328 valence electrons. The third kappa shape index (κ3) is 45.3. The fourth-order valence-electron chi connectivity index (χ4n) is 5.93. The third-order valence-electron chi connectivity index (χ3n) is 9.34. The van der Waals surface area contributed by atoms with Gasteiger partial charge in [-0.25, -0.2) is 0 Å². The highest BCUT2D eigenvalue weighted by Gasteiger charge is 2.17. The molecule has 0 aromatic heterocycles. The maximum Gasteiger partial charge on any atom is 0.309 e. The molecule has 0 fully saturated rings. The van der Waals surface area contributed by atoms with E-state index in [1.807, 2.05) is 12.2 Å². The van der Waals surface area contributed by atoms with Gasteiger partial charge in [0.05, 0.1) is 13.0 Å². The molecule has 5 heteroatoms. The van der Waals surface area contributed by atoms with Crippen molar-refractivity contribution in [2.45, 2.75) is 194 Å². The van der Waals surface area contributed by atoms with E-state index in [0.29, 0.717) is 13.0 Å². The molecule has 0 aromatic carbocycles. The van der Waals surface area contributed by atoms with Crippen LogP contribution in [-0.4, -0.2) is 37.9 Å². The smallest absolute Gasteiger partial charge is 0.309 e. The minimum Gasteiger partial charge on any atom is -0.461 e. The molecule has 58 heavy (non-hydrogen) atoms. The van der Waals surface area contributed by atoms with Gasteiger partial charge < -0.3 is 14.2 Å². The second-order valence-corrected chi connectivity index (χ2v) is 14.9. The van der Waals surface area contributed by atoms with Crippen molar-refractivity contribution in [3.8, 4) is 0 Å². The van der Waals surface area contributed by atoms with E-state index in [0.717, 1.165) is 96.3 Å². The molecule has 0 N–H and O–H groups in total. The van der Waals surface area contributed by atoms with Crippen molar-refractivity contribution in [2.75, 3.05) is 19.8 Å². The van der Waals surface area contributed by atoms with Crippen molar-refractivity contribution in [1.82, 2.24) is 0 Å². The van der Waals surface area contributed by atoms with Crippen molar-refractivity contribution in [1.29, 1.82) is 0 Å². The number of ether oxygens (including phenoxy) is 3. The molecular weight excluding hydrogens is 717 g/mol. The second-order valence-electron chi connectivity index (χ2n) is 14.9. The fourth-order valence-corrected chi connectivity index (χ4v) is 5.93. The highest BCUT2D eigenvalue weighted by Crippen LogP contribution is 2.12. The first-order valence-corrected chi connectivity index (χ1v) is 23.4. The molecule has 5 nitrogen and oxygen atoms in total. The first-order chi connectivity index (χ1) is 28.6. The molecule has 0 aromatic rings. The molecular formula is C53H86O5. The van der Waals surface area contributed by atoms with Gasteiger partial charge in [-0.2, -0.15) is 0 Å². The van der Waals surface area contributed by atoms with Crippen molar-refractivity contribution in [3.63, 3.8) is 0 Å². The Morgan fingerprint density at radius 3 is 1.33 bits per heavy atom. The molecule has 0 radical (unpaired) electrons. The molecule has 0 heterocycles. The average molecular weight is 803 g/mol. The summed E-state index contributed by atoms with van der Waals surface area (Å²) in [7, 11) is 0. The Morgan fingerprint density at radius 2 is 0.828 bits per heavy atom. The van der Waals surface area contributed by atoms with E-state index >= 15 is 0 Å². The van der Waals surface area contributed by atoms with Gasteiger partial charge in [0.1, 0.15) is 6.61 Å². The van der Waals surface area contributed by atoms with Crippen LogP contribution in [0.3, 0.4) is 0 Å². The van der Waals surface area contributed by atoms with E-state index in [9.17, 15) is 9.59 Å². The quantitative estimate of drug-likeness (QED) is 0.0350. The largest absolute Gasteiger partial charge is 0.461 e. The number of hydrogen-bond donors (Lipinski definition) is 0. The van der Waals surface area contributed by atoms with Crippen molar-refractivity contribution < 1.29 is 23.8 Å². The maximum atomic E-state index is 12.7. The number of hydrogen-bond acceptors (Lipinski definition) is 5. The lowest BCUT2D eigenvalue weighted by Crippen LogP contribution is -2.30. The zero-order valence-corrected chi connectivity index (χ0v) is 37.5. The number of unbranched alkanes of at least 4 members (excludes halogenated alkanes) is 13. The standard InChI is InChI=1S/C53H86O5/c1-4-7-10-13-16-19-21-23-25-26-27-29-31-33-36-39-42-45-48-56-49-51(58-53(55)47-44-41-38-34-18-15-12-9-6-3)50-57-52(54)46-43-40-37-35-32-30-28-24-22-20-17-14-11-8-5-2/h7-8,10-11,16-17,19-20,23-25,27-29,32,35,40,43,51H,4-6,9,12-15,18,21-22,26,30-31,33-34,36-39,41-42,44-50H2,1-3H3/b10-7-,11-8-,19-16-,20-17-,25-23-,28-24-,29-27-,35-32-,43-40-. The van der Waals surface area contributed by atoms with Crippen molar-refractivity contribution in [3.05, 3.63) is 109 Å². The summed E-state index contributed by atoms with van der Waals surface area (Å²) in [6.45, 7) is 7.41. The first kappa shape index (κ1) is 54.6. The summed E-state index contributed by atoms with van der Waals surface area (Å²) in [5.41, 5.74) is 0. The SMILES string of the molecule is CC/C=C\C/C=C\C/C=C\C/C=C\C/C=C\CC(=O)OCC(COCCCCCCC/C=C\C/C=C\C/C=C\C/C=C\CC)OC(=O)CCCCCCCCCCC. The summed E-state index contributed by atoms with van der Waals surface area (Å²) in [5, 5.41) is 0. The van der Waals surface area contributed by atoms with Crippen LogP contribution < -0.4 is 0 Å². The number of allylic oxidation sites excluding steroid dienone is 17. The van der Waals surface area contributed by atoms with Gasteiger partial charge in [-0.3, -0.25) is 9.59 Å². The van der Waals surface area contributed by atoms with Crippen LogP contribution in [0.5, 0.6) is 0 Å². The van der Waals surface area contributed by atoms with Gasteiger partial charge in [0, 0.05) is 13.0 Å². The van der Waals surface area contributed by atoms with Crippen LogP contribution in [0.1, 0.15) is 188 Å². The lowest BCUT2D eigenvalue weighted by Gasteiger charge is -2.18. The molecule has 0 rings (SSSR count). The first-order valence-electron chi connectivity index (χ1n) is 23.4. The summed E-state index contributed by atoms with van der Waals surface area (Å²) in [4.78, 5) is 25.2. The van der Waals surface area contributed by atoms with Crippen LogP contribution in [0, 0.1) is 0 Å². The summed E-state index contributed by atoms with van der Waals surface area (Å²) in [6.07, 6.45) is 65.5. The van der Waals surface area contributed by atoms with Gasteiger partial charge in [0.2, 0.25) is 0 Å². The Kier molecular flexibility index (Phi) is 45.1. The molecule has 0 aliphatic heterocycles. The Balaban J connectivity index is 4.39. The van der Waals surface area contributed by atoms with E-state index < -0.39 is 6.10 Å². The Labute approximate surface area is 357 Å². The van der Waals surface area contributed by atoms with E-state index in [4.69, 9.17) is 14.2 Å². The van der Waals surface area contributed by atoms with Gasteiger partial charge in [-0.05, 0) is 83.5 Å². The van der Waals surface area contributed by atoms with Crippen LogP contribution in [0.15, 0.2) is 109 Å². The van der Waals surface area contributed by atoms with Crippen LogP contribution in [0.2, 0.25) is 0 Å². The normalized spacial score (nSPS) is 13.2. The molecule has 1 atom stereocenters. The monoisotopic (exact) mass is 803 g/mol. The molecule has 0 amide bonds. The predicted molar refractivity (Wildman–Crippen MR) is 251 cm³/mol. The van der Waals surface area contributed by atoms with Crippen molar-refractivity contribution in [2.24, 2.45) is 0 Å². The van der Waals surface area contributed by atoms with Crippen LogP contribution >= 0.6 is 0 Å². The Bertz CT molecular complexity index is 1180. The second kappa shape index (κ2) is 47.9. The minimum absolute atomic E-state index is 0.0182. The lowest BCUT2D eigenvalue weighted by molar-refractivity contribution is -0.162. The summed E-state index contributed by atoms with van der Waals surface area (Å²) in [5.74, 6) is -0.564. The zero-order chi connectivity index (χ0) is 42.1. The lowest BCUT2D eigenvalue weighted by atomic mass is 10.1. The molecule has 0 saturated carbocycles. The number of rotatable bonds is 41. The van der Waals surface area contributed by atoms with E-state index in [2.05, 4.69) is 118 Å². The van der Waals surface area contributed by atoms with Gasteiger partial charge in [-0.1, -0.05) is 201 Å². The van der Waals surface area contributed by atoms with E-state index in [1.54, 1.807) is 0 Å². The molecule has 0 spiro atoms. The highest BCUT2D eigenvalue weighted by atomic mass is 16.6. The fraction of sp³-hybridized carbons (Fsp3) is 0.623. The molecule has 0 bridgehead atoms. The summed E-state index contributed by atoms with van der Waals surface area (Å²) in [6, 6.07) is 0. The highest BCUT2D eigenvalue weighted by molar-refractivity contribution is 5.71. The zero-order valence-electron chi connectivity index (χ0n) is 37.5. The minimum atomic E-state index is -0.588. The Hall–Kier alpha value is -3.44.